The van der Waals surface area contributed by atoms with Gasteiger partial charge >= 0.3 is 0 Å². The number of nitrogens with zero attached hydrogens (tertiary/aromatic N) is 7. The van der Waals surface area contributed by atoms with E-state index in [-0.39, 0.29) is 0 Å². The van der Waals surface area contributed by atoms with Crippen molar-refractivity contribution in [2.45, 2.75) is 32.0 Å². The predicted octanol–water partition coefficient (Wildman–Crippen LogP) is 1.56. The molecule has 0 unspecified atom stereocenters. The zero-order valence-corrected chi connectivity index (χ0v) is 14.7. The van der Waals surface area contributed by atoms with Crippen molar-refractivity contribution in [2.24, 2.45) is 7.05 Å². The van der Waals surface area contributed by atoms with Crippen molar-refractivity contribution in [3.8, 4) is 0 Å². The first kappa shape index (κ1) is 16.4. The molecule has 1 aliphatic heterocycles. The maximum atomic E-state index is 6.20. The predicted molar refractivity (Wildman–Crippen MR) is 89.2 cm³/mol. The van der Waals surface area contributed by atoms with Gasteiger partial charge in [-0.25, -0.2) is 4.68 Å². The zero-order valence-electron chi connectivity index (χ0n) is 14.0. The van der Waals surface area contributed by atoms with Gasteiger partial charge in [0.05, 0.1) is 28.6 Å². The summed E-state index contributed by atoms with van der Waals surface area (Å²) >= 11 is 6.20. The Morgan fingerprint density at radius 2 is 2.00 bits per heavy atom. The van der Waals surface area contributed by atoms with Crippen LogP contribution in [0.4, 0.5) is 0 Å². The number of piperidine rings is 1. The Morgan fingerprint density at radius 3 is 2.61 bits per heavy atom. The van der Waals surface area contributed by atoms with Crippen LogP contribution in [-0.2, 0) is 20.1 Å². The number of aryl methyl sites for hydroxylation is 1. The van der Waals surface area contributed by atoms with Gasteiger partial charge in [0.1, 0.15) is 0 Å². The second kappa shape index (κ2) is 6.98. The lowest BCUT2D eigenvalue weighted by Gasteiger charge is -2.31. The highest BCUT2D eigenvalue weighted by molar-refractivity contribution is 6.31. The lowest BCUT2D eigenvalue weighted by molar-refractivity contribution is 0.170. The molecule has 0 atom stereocenters. The molecule has 7 nitrogen and oxygen atoms in total. The van der Waals surface area contributed by atoms with Crippen LogP contribution in [0.2, 0.25) is 5.02 Å². The van der Waals surface area contributed by atoms with Gasteiger partial charge in [-0.3, -0.25) is 9.58 Å². The minimum absolute atomic E-state index is 0.439. The fourth-order valence-electron chi connectivity index (χ4n) is 3.05. The largest absolute Gasteiger partial charge is 0.303 e. The monoisotopic (exact) mass is 337 g/mol. The number of likely N-dealkylation sites (tertiary alicyclic amines) is 1. The Kier molecular flexibility index (Phi) is 4.99. The number of hydrogen-bond donors (Lipinski definition) is 0. The van der Waals surface area contributed by atoms with Crippen LogP contribution in [-0.4, -0.2) is 61.8 Å². The summed E-state index contributed by atoms with van der Waals surface area (Å²) in [7, 11) is 5.98. The summed E-state index contributed by atoms with van der Waals surface area (Å²) < 4.78 is 3.80. The Hall–Kier alpha value is -1.44. The van der Waals surface area contributed by atoms with Gasteiger partial charge < -0.3 is 4.90 Å². The van der Waals surface area contributed by atoms with Crippen molar-refractivity contribution in [1.82, 2.24) is 34.6 Å². The molecule has 3 heterocycles. The van der Waals surface area contributed by atoms with Gasteiger partial charge in [0.15, 0.2) is 0 Å². The summed E-state index contributed by atoms with van der Waals surface area (Å²) in [4.78, 5) is 4.51. The molecule has 1 saturated heterocycles. The first-order valence-electron chi connectivity index (χ1n) is 7.97. The molecule has 1 fully saturated rings. The molecule has 3 rings (SSSR count). The normalized spacial score (nSPS) is 17.3. The summed E-state index contributed by atoms with van der Waals surface area (Å²) in [5.74, 6) is 0. The van der Waals surface area contributed by atoms with E-state index in [0.29, 0.717) is 6.04 Å². The van der Waals surface area contributed by atoms with Gasteiger partial charge in [0.25, 0.3) is 0 Å². The molecular weight excluding hydrogens is 314 g/mol. The topological polar surface area (TPSA) is 55.0 Å². The lowest BCUT2D eigenvalue weighted by atomic mass is 10.1. The van der Waals surface area contributed by atoms with E-state index < -0.39 is 0 Å². The van der Waals surface area contributed by atoms with Crippen LogP contribution in [0.3, 0.4) is 0 Å². The van der Waals surface area contributed by atoms with Crippen molar-refractivity contribution in [3.63, 3.8) is 0 Å². The van der Waals surface area contributed by atoms with Crippen LogP contribution in [0.25, 0.3) is 0 Å². The standard InChI is InChI=1S/C15H24ClN7/c1-20(2)8-12-9-23(19-17-12)13-4-6-22(7-5-13)11-15-14(16)10-21(3)18-15/h9-10,13H,4-8,11H2,1-3H3. The minimum atomic E-state index is 0.439. The SMILES string of the molecule is CN(C)Cc1cn(C2CCN(Cc3nn(C)cc3Cl)CC2)nn1. The van der Waals surface area contributed by atoms with Crippen molar-refractivity contribution >= 4 is 11.6 Å². The molecule has 0 aliphatic carbocycles. The van der Waals surface area contributed by atoms with Gasteiger partial charge in [-0.2, -0.15) is 5.10 Å². The van der Waals surface area contributed by atoms with Crippen LogP contribution in [0.5, 0.6) is 0 Å². The van der Waals surface area contributed by atoms with Crippen LogP contribution in [0, 0.1) is 0 Å². The van der Waals surface area contributed by atoms with E-state index in [1.807, 2.05) is 32.0 Å². The van der Waals surface area contributed by atoms with Crippen molar-refractivity contribution in [2.75, 3.05) is 27.2 Å². The van der Waals surface area contributed by atoms with Gasteiger partial charge in [0.2, 0.25) is 0 Å². The molecule has 23 heavy (non-hydrogen) atoms. The summed E-state index contributed by atoms with van der Waals surface area (Å²) in [6.07, 6.45) is 6.09. The van der Waals surface area contributed by atoms with E-state index in [1.54, 1.807) is 4.68 Å². The molecule has 2 aromatic rings. The molecule has 0 aromatic carbocycles. The summed E-state index contributed by atoms with van der Waals surface area (Å²) in [6.45, 7) is 3.70. The molecular formula is C15H24ClN7. The van der Waals surface area contributed by atoms with E-state index in [2.05, 4.69) is 31.4 Å². The fourth-order valence-corrected chi connectivity index (χ4v) is 3.29. The number of halogens is 1. The molecule has 8 heteroatoms. The van der Waals surface area contributed by atoms with E-state index in [9.17, 15) is 0 Å². The molecule has 1 aliphatic rings. The molecule has 126 valence electrons. The van der Waals surface area contributed by atoms with Crippen LogP contribution >= 0.6 is 11.6 Å². The second-order valence-corrected chi connectivity index (χ2v) is 6.94. The Balaban J connectivity index is 1.54. The highest BCUT2D eigenvalue weighted by Gasteiger charge is 2.23. The Labute approximate surface area is 141 Å². The average molecular weight is 338 g/mol. The second-order valence-electron chi connectivity index (χ2n) is 6.53. The van der Waals surface area contributed by atoms with E-state index in [4.69, 9.17) is 11.6 Å². The molecule has 2 aromatic heterocycles. The third-order valence-electron chi connectivity index (χ3n) is 4.19. The smallest absolute Gasteiger partial charge is 0.0967 e. The van der Waals surface area contributed by atoms with Crippen molar-refractivity contribution < 1.29 is 0 Å². The first-order chi connectivity index (χ1) is 11.0. The van der Waals surface area contributed by atoms with Gasteiger partial charge in [-0.15, -0.1) is 5.10 Å². The first-order valence-corrected chi connectivity index (χ1v) is 8.35. The maximum Gasteiger partial charge on any atom is 0.0967 e. The van der Waals surface area contributed by atoms with E-state index in [1.165, 1.54) is 0 Å². The van der Waals surface area contributed by atoms with Crippen LogP contribution in [0.15, 0.2) is 12.4 Å². The Morgan fingerprint density at radius 1 is 1.26 bits per heavy atom. The van der Waals surface area contributed by atoms with Crippen molar-refractivity contribution in [3.05, 3.63) is 28.8 Å². The Bertz CT molecular complexity index is 640. The van der Waals surface area contributed by atoms with E-state index >= 15 is 0 Å². The van der Waals surface area contributed by atoms with Gasteiger partial charge in [-0.05, 0) is 26.9 Å². The fraction of sp³-hybridized carbons (Fsp3) is 0.667. The quantitative estimate of drug-likeness (QED) is 0.829. The molecule has 0 N–H and O–H groups in total. The summed E-state index contributed by atoms with van der Waals surface area (Å²) in [5, 5.41) is 13.7. The molecule has 0 amide bonds. The maximum absolute atomic E-state index is 6.20. The van der Waals surface area contributed by atoms with Crippen LogP contribution < -0.4 is 0 Å². The molecule has 0 radical (unpaired) electrons. The van der Waals surface area contributed by atoms with E-state index in [0.717, 1.165) is 55.4 Å². The summed E-state index contributed by atoms with van der Waals surface area (Å²) in [5.41, 5.74) is 1.99. The number of rotatable bonds is 5. The zero-order chi connectivity index (χ0) is 16.4. The highest BCUT2D eigenvalue weighted by atomic mass is 35.5. The van der Waals surface area contributed by atoms with Crippen LogP contribution in [0.1, 0.15) is 30.3 Å². The minimum Gasteiger partial charge on any atom is -0.303 e. The van der Waals surface area contributed by atoms with Gasteiger partial charge in [-0.1, -0.05) is 16.8 Å². The molecule has 0 bridgehead atoms. The third kappa shape index (κ3) is 4.10. The summed E-state index contributed by atoms with van der Waals surface area (Å²) in [6, 6.07) is 0.439. The molecule has 0 saturated carbocycles. The van der Waals surface area contributed by atoms with Gasteiger partial charge in [0, 0.05) is 39.4 Å². The van der Waals surface area contributed by atoms with Crippen molar-refractivity contribution in [1.29, 1.82) is 0 Å². The number of aromatic nitrogens is 5. The molecule has 0 spiro atoms. The highest BCUT2D eigenvalue weighted by Crippen LogP contribution is 2.24. The average Bonchev–Trinajstić information content (AvgIpc) is 3.06. The lowest BCUT2D eigenvalue weighted by Crippen LogP contribution is -2.34. The third-order valence-corrected chi connectivity index (χ3v) is 4.51. The number of hydrogen-bond acceptors (Lipinski definition) is 5.